The first kappa shape index (κ1) is 27.0. The van der Waals surface area contributed by atoms with Gasteiger partial charge in [0.15, 0.2) is 0 Å². The predicted octanol–water partition coefficient (Wildman–Crippen LogP) is 3.66. The lowest BCUT2D eigenvalue weighted by Crippen LogP contribution is -2.56. The van der Waals surface area contributed by atoms with Crippen molar-refractivity contribution in [2.24, 2.45) is 0 Å². The fourth-order valence-electron chi connectivity index (χ4n) is 5.12. The van der Waals surface area contributed by atoms with Gasteiger partial charge in [0.1, 0.15) is 5.82 Å². The summed E-state index contributed by atoms with van der Waals surface area (Å²) in [7, 11) is -3.79. The van der Waals surface area contributed by atoms with E-state index in [1.165, 1.54) is 20.7 Å². The summed E-state index contributed by atoms with van der Waals surface area (Å²) in [6.45, 7) is 3.05. The van der Waals surface area contributed by atoms with Gasteiger partial charge in [-0.25, -0.2) is 9.07 Å². The van der Waals surface area contributed by atoms with Crippen LogP contribution in [0, 0.1) is 12.7 Å². The van der Waals surface area contributed by atoms with Crippen molar-refractivity contribution in [2.45, 2.75) is 25.6 Å². The van der Waals surface area contributed by atoms with E-state index < -0.39 is 28.8 Å². The number of rotatable bonds is 6. The van der Waals surface area contributed by atoms with Gasteiger partial charge in [0.25, 0.3) is 10.2 Å². The minimum absolute atomic E-state index is 0.0377. The number of aromatic nitrogens is 2. The van der Waals surface area contributed by atoms with Gasteiger partial charge in [-0.1, -0.05) is 0 Å². The molecular formula is C25H29F4N5O3S. The first-order valence-corrected chi connectivity index (χ1v) is 13.8. The third-order valence-electron chi connectivity index (χ3n) is 7.15. The fraction of sp³-hybridized carbons (Fsp3) is 0.480. The molecule has 0 bridgehead atoms. The number of aryl methyl sites for hydroxylation is 1. The Morgan fingerprint density at radius 2 is 1.74 bits per heavy atom. The highest BCUT2D eigenvalue weighted by molar-refractivity contribution is 7.86. The lowest BCUT2D eigenvalue weighted by atomic mass is 9.96. The molecule has 2 aromatic carbocycles. The molecule has 8 nitrogen and oxygen atoms in total. The number of ether oxygens (including phenoxy) is 1. The van der Waals surface area contributed by atoms with Crippen molar-refractivity contribution in [1.82, 2.24) is 23.3 Å². The highest BCUT2D eigenvalue weighted by atomic mass is 32.2. The number of alkyl halides is 3. The molecule has 0 unspecified atom stereocenters. The molecule has 5 rings (SSSR count). The van der Waals surface area contributed by atoms with Gasteiger partial charge in [-0.15, -0.1) is 0 Å². The second-order valence-electron chi connectivity index (χ2n) is 9.59. The summed E-state index contributed by atoms with van der Waals surface area (Å²) in [5.74, 6) is -0.364. The van der Waals surface area contributed by atoms with Gasteiger partial charge in [0.2, 0.25) is 0 Å². The molecule has 3 heterocycles. The summed E-state index contributed by atoms with van der Waals surface area (Å²) >= 11 is 0. The van der Waals surface area contributed by atoms with Gasteiger partial charge in [-0.2, -0.15) is 35.3 Å². The average Bonchev–Trinajstić information content (AvgIpc) is 3.30. The molecule has 38 heavy (non-hydrogen) atoms. The van der Waals surface area contributed by atoms with Crippen molar-refractivity contribution in [2.75, 3.05) is 52.5 Å². The van der Waals surface area contributed by atoms with Gasteiger partial charge in [0, 0.05) is 50.7 Å². The number of fused-ring (bicyclic) bond motifs is 1. The van der Waals surface area contributed by atoms with Crippen LogP contribution in [0.5, 0.6) is 0 Å². The Morgan fingerprint density at radius 1 is 1.03 bits per heavy atom. The Balaban J connectivity index is 1.49. The lowest BCUT2D eigenvalue weighted by molar-refractivity contribution is -0.140. The van der Waals surface area contributed by atoms with Gasteiger partial charge < -0.3 is 4.74 Å². The van der Waals surface area contributed by atoms with E-state index >= 15 is 0 Å². The molecular weight excluding hydrogens is 526 g/mol. The molecule has 0 saturated carbocycles. The van der Waals surface area contributed by atoms with Crippen LogP contribution in [0.1, 0.15) is 23.6 Å². The van der Waals surface area contributed by atoms with Crippen LogP contribution in [0.15, 0.2) is 42.6 Å². The van der Waals surface area contributed by atoms with E-state index in [9.17, 15) is 26.0 Å². The van der Waals surface area contributed by atoms with Crippen molar-refractivity contribution in [3.63, 3.8) is 0 Å². The van der Waals surface area contributed by atoms with Crippen molar-refractivity contribution < 1.29 is 30.7 Å². The van der Waals surface area contributed by atoms with Crippen LogP contribution in [0.4, 0.5) is 17.6 Å². The number of piperazine rings is 1. The largest absolute Gasteiger partial charge is 0.390 e. The summed E-state index contributed by atoms with van der Waals surface area (Å²) < 4.78 is 89.3. The van der Waals surface area contributed by atoms with E-state index in [4.69, 9.17) is 4.74 Å². The van der Waals surface area contributed by atoms with Crippen LogP contribution in [-0.4, -0.2) is 90.4 Å². The van der Waals surface area contributed by atoms with Gasteiger partial charge in [-0.05, 0) is 54.4 Å². The van der Waals surface area contributed by atoms with Gasteiger partial charge >= 0.3 is 6.18 Å². The Hall–Kier alpha value is -2.58. The van der Waals surface area contributed by atoms with Crippen LogP contribution in [-0.2, 0) is 14.9 Å². The van der Waals surface area contributed by atoms with Crippen LogP contribution in [0.2, 0.25) is 0 Å². The predicted molar refractivity (Wildman–Crippen MR) is 134 cm³/mol. The minimum Gasteiger partial charge on any atom is -0.379 e. The molecule has 2 fully saturated rings. The Kier molecular flexibility index (Phi) is 7.48. The summed E-state index contributed by atoms with van der Waals surface area (Å²) in [5.41, 5.74) is 2.98. The van der Waals surface area contributed by atoms with E-state index in [2.05, 4.69) is 5.10 Å². The first-order valence-electron chi connectivity index (χ1n) is 12.4. The van der Waals surface area contributed by atoms with Crippen molar-refractivity contribution in [3.05, 3.63) is 59.5 Å². The Morgan fingerprint density at radius 3 is 2.42 bits per heavy atom. The van der Waals surface area contributed by atoms with E-state index in [1.54, 1.807) is 27.9 Å². The highest BCUT2D eigenvalue weighted by Crippen LogP contribution is 2.34. The second kappa shape index (κ2) is 10.5. The first-order chi connectivity index (χ1) is 18.0. The molecule has 3 aromatic rings. The average molecular weight is 556 g/mol. The molecule has 0 radical (unpaired) electrons. The third-order valence-corrected chi connectivity index (χ3v) is 9.15. The smallest absolute Gasteiger partial charge is 0.379 e. The minimum atomic E-state index is -4.32. The Labute approximate surface area is 218 Å². The monoisotopic (exact) mass is 555 g/mol. The summed E-state index contributed by atoms with van der Waals surface area (Å²) in [6, 6.07) is 9.09. The zero-order chi connectivity index (χ0) is 27.1. The van der Waals surface area contributed by atoms with Crippen molar-refractivity contribution in [3.8, 4) is 5.69 Å². The summed E-state index contributed by atoms with van der Waals surface area (Å²) in [5, 5.41) is 5.18. The lowest BCUT2D eigenvalue weighted by Gasteiger charge is -2.43. The number of halogens is 4. The van der Waals surface area contributed by atoms with E-state index in [0.717, 1.165) is 22.0 Å². The third kappa shape index (κ3) is 5.57. The number of nitrogens with zero attached hydrogens (tertiary/aromatic N) is 5. The Bertz CT molecular complexity index is 1390. The molecule has 1 aromatic heterocycles. The van der Waals surface area contributed by atoms with Crippen LogP contribution in [0.3, 0.4) is 0 Å². The van der Waals surface area contributed by atoms with Crippen molar-refractivity contribution >= 4 is 21.1 Å². The number of benzene rings is 2. The molecule has 2 aliphatic rings. The van der Waals surface area contributed by atoms with Crippen LogP contribution < -0.4 is 0 Å². The zero-order valence-corrected chi connectivity index (χ0v) is 21.7. The van der Waals surface area contributed by atoms with Crippen LogP contribution >= 0.6 is 0 Å². The van der Waals surface area contributed by atoms with E-state index in [0.29, 0.717) is 18.9 Å². The molecule has 1 atom stereocenters. The zero-order valence-electron chi connectivity index (χ0n) is 20.9. The van der Waals surface area contributed by atoms with Crippen LogP contribution in [0.25, 0.3) is 16.6 Å². The summed E-state index contributed by atoms with van der Waals surface area (Å²) in [6.07, 6.45) is -3.66. The second-order valence-corrected chi connectivity index (χ2v) is 11.5. The highest BCUT2D eigenvalue weighted by Gasteiger charge is 2.39. The quantitative estimate of drug-likeness (QED) is 0.435. The molecule has 0 amide bonds. The number of morpholine rings is 1. The van der Waals surface area contributed by atoms with E-state index in [1.807, 2.05) is 19.1 Å². The van der Waals surface area contributed by atoms with Gasteiger partial charge in [-0.3, -0.25) is 4.90 Å². The maximum atomic E-state index is 13.4. The standard InChI is InChI=1S/C25H29F4N5O3S/c1-18-14-23-19(16-30-34(23)21-4-2-20(26)3-5-21)15-22(18)24-17-33(9-8-31(24)7-6-25(27,28)29)38(35,36)32-10-12-37-13-11-32/h2-5,14-16,24H,6-13,17H2,1H3/t24-/m1/s1. The van der Waals surface area contributed by atoms with E-state index in [-0.39, 0.29) is 45.1 Å². The van der Waals surface area contributed by atoms with Gasteiger partial charge in [0.05, 0.1) is 37.0 Å². The summed E-state index contributed by atoms with van der Waals surface area (Å²) in [4.78, 5) is 1.72. The molecule has 0 aliphatic carbocycles. The SMILES string of the molecule is Cc1cc2c(cnn2-c2ccc(F)cc2)cc1[C@H]1CN(S(=O)(=O)N2CCOCC2)CCN1CCC(F)(F)F. The molecule has 0 spiro atoms. The maximum Gasteiger partial charge on any atom is 0.390 e. The number of hydrogen-bond acceptors (Lipinski definition) is 5. The topological polar surface area (TPSA) is 70.9 Å². The van der Waals surface area contributed by atoms with Crippen molar-refractivity contribution in [1.29, 1.82) is 0 Å². The fourth-order valence-corrected chi connectivity index (χ4v) is 6.70. The molecule has 206 valence electrons. The number of hydrogen-bond donors (Lipinski definition) is 0. The molecule has 2 saturated heterocycles. The molecule has 0 N–H and O–H groups in total. The maximum absolute atomic E-state index is 13.4. The normalized spacial score (nSPS) is 20.8. The molecule has 2 aliphatic heterocycles. The molecule has 13 heteroatoms.